The number of unbranched alkanes of at least 4 members (excludes halogenated alkanes) is 2. The van der Waals surface area contributed by atoms with Crippen LogP contribution < -0.4 is 4.74 Å². The molecule has 33 heavy (non-hydrogen) atoms. The highest BCUT2D eigenvalue weighted by Crippen LogP contribution is 2.31. The summed E-state index contributed by atoms with van der Waals surface area (Å²) < 4.78 is 19.8. The largest absolute Gasteiger partial charge is 0.426 e. The van der Waals surface area contributed by atoms with Crippen molar-refractivity contribution in [1.82, 2.24) is 4.57 Å². The van der Waals surface area contributed by atoms with E-state index in [1.165, 1.54) is 6.92 Å². The van der Waals surface area contributed by atoms with E-state index < -0.39 is 0 Å². The molecular formula is C28H35NO4. The first-order valence-electron chi connectivity index (χ1n) is 11.8. The Labute approximate surface area is 197 Å². The molecule has 3 rings (SSSR count). The van der Waals surface area contributed by atoms with Gasteiger partial charge in [0, 0.05) is 36.2 Å². The van der Waals surface area contributed by atoms with Crippen LogP contribution >= 0.6 is 0 Å². The molecule has 0 aliphatic heterocycles. The lowest BCUT2D eigenvalue weighted by Crippen LogP contribution is -2.12. The van der Waals surface area contributed by atoms with Gasteiger partial charge in [0.1, 0.15) is 5.75 Å². The fourth-order valence-electron chi connectivity index (χ4n) is 3.76. The summed E-state index contributed by atoms with van der Waals surface area (Å²) >= 11 is 0. The molecule has 0 bridgehead atoms. The number of nitrogens with zero attached hydrogens (tertiary/aromatic N) is 1. The number of fused-ring (bicyclic) bond motifs is 1. The van der Waals surface area contributed by atoms with Crippen molar-refractivity contribution in [3.8, 4) is 5.75 Å². The van der Waals surface area contributed by atoms with E-state index in [0.717, 1.165) is 53.4 Å². The first kappa shape index (κ1) is 24.7. The van der Waals surface area contributed by atoms with Crippen molar-refractivity contribution in [2.75, 3.05) is 13.2 Å². The molecule has 0 amide bonds. The molecule has 0 aliphatic rings. The number of para-hydroxylation sites is 2. The van der Waals surface area contributed by atoms with E-state index in [4.69, 9.17) is 14.2 Å². The highest BCUT2D eigenvalue weighted by Gasteiger charge is 2.18. The zero-order chi connectivity index (χ0) is 23.6. The molecule has 3 aromatic rings. The van der Waals surface area contributed by atoms with Crippen LogP contribution in [0.2, 0.25) is 0 Å². The van der Waals surface area contributed by atoms with Crippen molar-refractivity contribution in [3.05, 3.63) is 65.4 Å². The van der Waals surface area contributed by atoms with Crippen molar-refractivity contribution in [1.29, 1.82) is 0 Å². The molecule has 0 unspecified atom stereocenters. The maximum Gasteiger partial charge on any atom is 0.308 e. The number of carbonyl (C=O) groups is 1. The normalized spacial score (nSPS) is 11.7. The van der Waals surface area contributed by atoms with E-state index >= 15 is 0 Å². The summed E-state index contributed by atoms with van der Waals surface area (Å²) in [7, 11) is 2.05. The summed E-state index contributed by atoms with van der Waals surface area (Å²) in [6, 6.07) is 15.9. The molecule has 0 saturated carbocycles. The Hall–Kier alpha value is -2.89. The maximum atomic E-state index is 11.4. The van der Waals surface area contributed by atoms with Gasteiger partial charge in [-0.2, -0.15) is 0 Å². The molecule has 0 N–H and O–H groups in total. The van der Waals surface area contributed by atoms with Gasteiger partial charge in [0.15, 0.2) is 6.29 Å². The van der Waals surface area contributed by atoms with Crippen LogP contribution in [0.5, 0.6) is 5.75 Å². The third-order valence-corrected chi connectivity index (χ3v) is 5.52. The minimum atomic E-state index is -0.387. The summed E-state index contributed by atoms with van der Waals surface area (Å²) in [6.45, 7) is 7.08. The van der Waals surface area contributed by atoms with E-state index in [0.29, 0.717) is 19.0 Å². The smallest absolute Gasteiger partial charge is 0.308 e. The molecule has 0 atom stereocenters. The highest BCUT2D eigenvalue weighted by molar-refractivity contribution is 5.88. The van der Waals surface area contributed by atoms with Crippen LogP contribution in [-0.4, -0.2) is 23.8 Å². The van der Waals surface area contributed by atoms with E-state index in [-0.39, 0.29) is 12.3 Å². The number of hydrogen-bond acceptors (Lipinski definition) is 4. The number of hydrogen-bond donors (Lipinski definition) is 0. The Balaban J connectivity index is 1.94. The van der Waals surface area contributed by atoms with Crippen LogP contribution in [0, 0.1) is 0 Å². The topological polar surface area (TPSA) is 49.7 Å². The Morgan fingerprint density at radius 1 is 0.970 bits per heavy atom. The summed E-state index contributed by atoms with van der Waals surface area (Å²) in [5.41, 5.74) is 4.03. The molecular weight excluding hydrogens is 414 g/mol. The number of carbonyl (C=O) groups excluding carboxylic acids is 1. The van der Waals surface area contributed by atoms with Gasteiger partial charge >= 0.3 is 5.97 Å². The molecule has 1 aromatic heterocycles. The van der Waals surface area contributed by atoms with Gasteiger partial charge in [-0.15, -0.1) is 0 Å². The van der Waals surface area contributed by atoms with Crippen LogP contribution in [-0.2, 0) is 21.3 Å². The van der Waals surface area contributed by atoms with Gasteiger partial charge in [-0.25, -0.2) is 0 Å². The van der Waals surface area contributed by atoms with Crippen LogP contribution in [0.15, 0.2) is 48.5 Å². The van der Waals surface area contributed by atoms with Crippen LogP contribution in [0.1, 0.15) is 69.6 Å². The number of rotatable bonds is 12. The number of benzene rings is 2. The first-order chi connectivity index (χ1) is 16.0. The summed E-state index contributed by atoms with van der Waals surface area (Å²) in [5.74, 6) is 0.219. The SMILES string of the molecule is CCCCOC(OCCCC)c1cccc2cc(/C=C/c3ccccc3OC(C)=O)n(C)c12. The van der Waals surface area contributed by atoms with Gasteiger partial charge < -0.3 is 18.8 Å². The number of ether oxygens (including phenoxy) is 3. The molecule has 0 fully saturated rings. The van der Waals surface area contributed by atoms with Gasteiger partial charge in [0.2, 0.25) is 0 Å². The fraction of sp³-hybridized carbons (Fsp3) is 0.393. The van der Waals surface area contributed by atoms with Gasteiger partial charge in [-0.1, -0.05) is 63.1 Å². The van der Waals surface area contributed by atoms with Crippen LogP contribution in [0.3, 0.4) is 0 Å². The molecule has 0 radical (unpaired) electrons. The van der Waals surface area contributed by atoms with Crippen molar-refractivity contribution in [3.63, 3.8) is 0 Å². The van der Waals surface area contributed by atoms with Gasteiger partial charge in [0.05, 0.1) is 18.7 Å². The predicted molar refractivity (Wildman–Crippen MR) is 134 cm³/mol. The first-order valence-corrected chi connectivity index (χ1v) is 11.8. The van der Waals surface area contributed by atoms with Crippen molar-refractivity contribution >= 4 is 29.0 Å². The van der Waals surface area contributed by atoms with E-state index in [1.54, 1.807) is 6.07 Å². The second-order valence-corrected chi connectivity index (χ2v) is 8.16. The van der Waals surface area contributed by atoms with Crippen molar-refractivity contribution < 1.29 is 19.0 Å². The average molecular weight is 450 g/mol. The molecule has 2 aromatic carbocycles. The number of aryl methyl sites for hydroxylation is 1. The lowest BCUT2D eigenvalue weighted by Gasteiger charge is -2.20. The monoisotopic (exact) mass is 449 g/mol. The Morgan fingerprint density at radius 2 is 1.67 bits per heavy atom. The number of aromatic nitrogens is 1. The zero-order valence-electron chi connectivity index (χ0n) is 20.2. The van der Waals surface area contributed by atoms with E-state index in [2.05, 4.69) is 49.7 Å². The third-order valence-electron chi connectivity index (χ3n) is 5.52. The Morgan fingerprint density at radius 3 is 2.33 bits per heavy atom. The molecule has 1 heterocycles. The molecule has 0 spiro atoms. The summed E-state index contributed by atoms with van der Waals surface area (Å²) in [5, 5.41) is 1.13. The quantitative estimate of drug-likeness (QED) is 0.130. The van der Waals surface area contributed by atoms with Gasteiger partial charge in [-0.3, -0.25) is 4.79 Å². The second kappa shape index (κ2) is 12.4. The molecule has 0 aliphatic carbocycles. The predicted octanol–water partition coefficient (Wildman–Crippen LogP) is 6.91. The Kier molecular flexibility index (Phi) is 9.28. The lowest BCUT2D eigenvalue weighted by atomic mass is 10.1. The van der Waals surface area contributed by atoms with Crippen molar-refractivity contribution in [2.24, 2.45) is 7.05 Å². The molecule has 5 nitrogen and oxygen atoms in total. The molecule has 5 heteroatoms. The minimum Gasteiger partial charge on any atom is -0.426 e. The van der Waals surface area contributed by atoms with Gasteiger partial charge in [-0.05, 0) is 37.1 Å². The molecule has 176 valence electrons. The lowest BCUT2D eigenvalue weighted by molar-refractivity contribution is -0.147. The highest BCUT2D eigenvalue weighted by atomic mass is 16.7. The van der Waals surface area contributed by atoms with Gasteiger partial charge in [0.25, 0.3) is 0 Å². The van der Waals surface area contributed by atoms with E-state index in [1.807, 2.05) is 30.4 Å². The molecule has 0 saturated heterocycles. The average Bonchev–Trinajstić information content (AvgIpc) is 3.13. The zero-order valence-corrected chi connectivity index (χ0v) is 20.2. The number of esters is 1. The Bertz CT molecular complexity index is 1070. The summed E-state index contributed by atoms with van der Waals surface area (Å²) in [4.78, 5) is 11.4. The van der Waals surface area contributed by atoms with Crippen molar-refractivity contribution in [2.45, 2.75) is 52.7 Å². The minimum absolute atomic E-state index is 0.331. The standard InChI is InChI=1S/C28H35NO4/c1-5-7-18-31-28(32-19-8-6-2)25-14-11-13-23-20-24(29(4)27(23)25)17-16-22-12-9-10-15-26(22)33-21(3)30/h9-17,20,28H,5-8,18-19H2,1-4H3/b17-16+. The second-order valence-electron chi connectivity index (χ2n) is 8.16. The fourth-order valence-corrected chi connectivity index (χ4v) is 3.76. The third kappa shape index (κ3) is 6.56. The summed E-state index contributed by atoms with van der Waals surface area (Å²) in [6.07, 6.45) is 7.80. The van der Waals surface area contributed by atoms with E-state index in [9.17, 15) is 4.79 Å². The maximum absolute atomic E-state index is 11.4. The van der Waals surface area contributed by atoms with Crippen LogP contribution in [0.4, 0.5) is 0 Å². The van der Waals surface area contributed by atoms with Crippen LogP contribution in [0.25, 0.3) is 23.1 Å².